The van der Waals surface area contributed by atoms with E-state index >= 15 is 0 Å². The highest BCUT2D eigenvalue weighted by Crippen LogP contribution is 2.28. The van der Waals surface area contributed by atoms with Gasteiger partial charge in [0, 0.05) is 0 Å². The number of hydrogen-bond acceptors (Lipinski definition) is 4. The first-order valence-corrected chi connectivity index (χ1v) is 8.60. The summed E-state index contributed by atoms with van der Waals surface area (Å²) in [6.45, 7) is 5.95. The van der Waals surface area contributed by atoms with Crippen molar-refractivity contribution in [3.8, 4) is 0 Å². The first-order chi connectivity index (χ1) is 10.7. The van der Waals surface area contributed by atoms with Gasteiger partial charge in [-0.2, -0.15) is 0 Å². The summed E-state index contributed by atoms with van der Waals surface area (Å²) in [4.78, 5) is 11.9. The fourth-order valence-corrected chi connectivity index (χ4v) is 2.48. The molecule has 0 spiro atoms. The molecule has 23 heavy (non-hydrogen) atoms. The van der Waals surface area contributed by atoms with Gasteiger partial charge in [0.2, 0.25) is 0 Å². The molecule has 0 atom stereocenters. The second kappa shape index (κ2) is 7.40. The highest BCUT2D eigenvalue weighted by atomic mass is 79.9. The first kappa shape index (κ1) is 17.9. The van der Waals surface area contributed by atoms with Crippen LogP contribution in [-0.2, 0) is 11.3 Å². The molecule has 124 valence electrons. The number of carbonyl (C=O) groups is 1. The van der Waals surface area contributed by atoms with E-state index < -0.39 is 11.7 Å². The SMILES string of the molecule is CC(C)(C)OC(=O)Nc1ccccc1NCc1cc(Br)c(Br)o1. The van der Waals surface area contributed by atoms with Crippen LogP contribution in [0.25, 0.3) is 0 Å². The zero-order valence-corrected chi connectivity index (χ0v) is 16.2. The summed E-state index contributed by atoms with van der Waals surface area (Å²) in [7, 11) is 0. The van der Waals surface area contributed by atoms with Gasteiger partial charge in [-0.1, -0.05) is 12.1 Å². The van der Waals surface area contributed by atoms with E-state index in [4.69, 9.17) is 9.15 Å². The van der Waals surface area contributed by atoms with Crippen molar-refractivity contribution in [2.24, 2.45) is 0 Å². The minimum atomic E-state index is -0.542. The van der Waals surface area contributed by atoms with Gasteiger partial charge in [0.25, 0.3) is 0 Å². The molecule has 7 heteroatoms. The Hall–Kier alpha value is -1.47. The summed E-state index contributed by atoms with van der Waals surface area (Å²) >= 11 is 6.68. The van der Waals surface area contributed by atoms with Gasteiger partial charge in [-0.3, -0.25) is 5.32 Å². The molecular formula is C16H18Br2N2O3. The molecule has 0 unspecified atom stereocenters. The number of halogens is 2. The Bertz CT molecular complexity index is 673. The third-order valence-electron chi connectivity index (χ3n) is 2.71. The van der Waals surface area contributed by atoms with E-state index in [-0.39, 0.29) is 0 Å². The standard InChI is InChI=1S/C16H18Br2N2O3/c1-16(2,3)23-15(21)20-13-7-5-4-6-12(13)19-9-10-8-11(17)14(18)22-10/h4-8,19H,9H2,1-3H3,(H,20,21). The summed E-state index contributed by atoms with van der Waals surface area (Å²) in [6.07, 6.45) is -0.491. The van der Waals surface area contributed by atoms with Crippen LogP contribution in [0, 0.1) is 0 Å². The second-order valence-corrected chi connectivity index (χ2v) is 7.43. The van der Waals surface area contributed by atoms with Crippen LogP contribution in [0.4, 0.5) is 16.2 Å². The van der Waals surface area contributed by atoms with E-state index in [1.165, 1.54) is 0 Å². The number of carbonyl (C=O) groups excluding carboxylic acids is 1. The number of anilines is 2. The largest absolute Gasteiger partial charge is 0.451 e. The van der Waals surface area contributed by atoms with Gasteiger partial charge >= 0.3 is 6.09 Å². The van der Waals surface area contributed by atoms with Gasteiger partial charge in [0.05, 0.1) is 22.4 Å². The fraction of sp³-hybridized carbons (Fsp3) is 0.312. The minimum Gasteiger partial charge on any atom is -0.451 e. The molecule has 0 radical (unpaired) electrons. The van der Waals surface area contributed by atoms with Crippen LogP contribution >= 0.6 is 31.9 Å². The van der Waals surface area contributed by atoms with Crippen LogP contribution in [0.15, 0.2) is 43.9 Å². The number of hydrogen-bond donors (Lipinski definition) is 2. The Balaban J connectivity index is 2.04. The van der Waals surface area contributed by atoms with Crippen molar-refractivity contribution in [2.75, 3.05) is 10.6 Å². The summed E-state index contributed by atoms with van der Waals surface area (Å²) in [5.74, 6) is 0.760. The van der Waals surface area contributed by atoms with Gasteiger partial charge < -0.3 is 14.5 Å². The number of furan rings is 1. The molecule has 2 rings (SSSR count). The Morgan fingerprint density at radius 2 is 1.87 bits per heavy atom. The molecule has 2 N–H and O–H groups in total. The van der Waals surface area contributed by atoms with E-state index in [1.54, 1.807) is 6.07 Å². The average molecular weight is 446 g/mol. The molecule has 0 saturated heterocycles. The Kier molecular flexibility index (Phi) is 5.75. The summed E-state index contributed by atoms with van der Waals surface area (Å²) < 4.78 is 12.3. The highest BCUT2D eigenvalue weighted by molar-refractivity contribution is 9.13. The average Bonchev–Trinajstić information content (AvgIpc) is 2.75. The quantitative estimate of drug-likeness (QED) is 0.627. The van der Waals surface area contributed by atoms with E-state index in [9.17, 15) is 4.79 Å². The molecule has 0 aliphatic rings. The maximum absolute atomic E-state index is 11.9. The fourth-order valence-electron chi connectivity index (χ4n) is 1.82. The maximum atomic E-state index is 11.9. The molecule has 0 fully saturated rings. The van der Waals surface area contributed by atoms with Crippen LogP contribution in [0.2, 0.25) is 0 Å². The predicted octanol–water partition coefficient (Wildman–Crippen LogP) is 5.76. The van der Waals surface area contributed by atoms with Crippen LogP contribution in [0.3, 0.4) is 0 Å². The molecular weight excluding hydrogens is 428 g/mol. The molecule has 5 nitrogen and oxygen atoms in total. The van der Waals surface area contributed by atoms with Gasteiger partial charge in [0.1, 0.15) is 11.4 Å². The van der Waals surface area contributed by atoms with Crippen molar-refractivity contribution in [2.45, 2.75) is 32.9 Å². The van der Waals surface area contributed by atoms with Gasteiger partial charge in [-0.25, -0.2) is 4.79 Å². The van der Waals surface area contributed by atoms with E-state index in [1.807, 2.05) is 45.0 Å². The highest BCUT2D eigenvalue weighted by Gasteiger charge is 2.17. The van der Waals surface area contributed by atoms with Gasteiger partial charge in [-0.05, 0) is 70.8 Å². The predicted molar refractivity (Wildman–Crippen MR) is 97.7 cm³/mol. The number of amides is 1. The number of ether oxygens (including phenoxy) is 1. The monoisotopic (exact) mass is 444 g/mol. The molecule has 1 aromatic carbocycles. The number of benzene rings is 1. The molecule has 2 aromatic rings. The number of nitrogens with one attached hydrogen (secondary N) is 2. The van der Waals surface area contributed by atoms with Crippen molar-refractivity contribution in [1.82, 2.24) is 0 Å². The summed E-state index contributed by atoms with van der Waals surface area (Å²) in [5.41, 5.74) is 0.882. The van der Waals surface area contributed by atoms with E-state index in [0.29, 0.717) is 16.9 Å². The molecule has 0 bridgehead atoms. The molecule has 1 aromatic heterocycles. The normalized spacial score (nSPS) is 11.2. The van der Waals surface area contributed by atoms with Crippen molar-refractivity contribution >= 4 is 49.3 Å². The third-order valence-corrected chi connectivity index (χ3v) is 4.42. The zero-order valence-electron chi connectivity index (χ0n) is 13.1. The molecule has 0 aliphatic carbocycles. The second-order valence-electron chi connectivity index (χ2n) is 5.86. The summed E-state index contributed by atoms with van der Waals surface area (Å²) in [6, 6.07) is 9.29. The van der Waals surface area contributed by atoms with Gasteiger partial charge in [-0.15, -0.1) is 0 Å². The van der Waals surface area contributed by atoms with Crippen molar-refractivity contribution in [1.29, 1.82) is 0 Å². The topological polar surface area (TPSA) is 63.5 Å². The van der Waals surface area contributed by atoms with Crippen molar-refractivity contribution in [3.63, 3.8) is 0 Å². The Labute approximate surface area is 152 Å². The van der Waals surface area contributed by atoms with Crippen LogP contribution in [0.1, 0.15) is 26.5 Å². The number of para-hydroxylation sites is 2. The van der Waals surface area contributed by atoms with Crippen LogP contribution in [0.5, 0.6) is 0 Å². The molecule has 0 aliphatic heterocycles. The Morgan fingerprint density at radius 1 is 1.22 bits per heavy atom. The molecule has 0 saturated carbocycles. The zero-order chi connectivity index (χ0) is 17.0. The lowest BCUT2D eigenvalue weighted by Gasteiger charge is -2.20. The first-order valence-electron chi connectivity index (χ1n) is 7.01. The Morgan fingerprint density at radius 3 is 2.43 bits per heavy atom. The molecule has 1 heterocycles. The van der Waals surface area contributed by atoms with E-state index in [0.717, 1.165) is 15.9 Å². The van der Waals surface area contributed by atoms with Crippen molar-refractivity contribution in [3.05, 3.63) is 45.2 Å². The van der Waals surface area contributed by atoms with E-state index in [2.05, 4.69) is 42.5 Å². The third kappa shape index (κ3) is 5.58. The lowest BCUT2D eigenvalue weighted by atomic mass is 10.2. The lowest BCUT2D eigenvalue weighted by Crippen LogP contribution is -2.27. The maximum Gasteiger partial charge on any atom is 0.412 e. The molecule has 1 amide bonds. The smallest absolute Gasteiger partial charge is 0.412 e. The minimum absolute atomic E-state index is 0.483. The van der Waals surface area contributed by atoms with Crippen LogP contribution < -0.4 is 10.6 Å². The lowest BCUT2D eigenvalue weighted by molar-refractivity contribution is 0.0636. The van der Waals surface area contributed by atoms with Crippen molar-refractivity contribution < 1.29 is 13.9 Å². The number of rotatable bonds is 4. The van der Waals surface area contributed by atoms with Gasteiger partial charge in [0.15, 0.2) is 4.67 Å². The summed E-state index contributed by atoms with van der Waals surface area (Å²) in [5, 5.41) is 5.98. The van der Waals surface area contributed by atoms with Crippen LogP contribution in [-0.4, -0.2) is 11.7 Å².